The van der Waals surface area contributed by atoms with E-state index < -0.39 is 0 Å². The van der Waals surface area contributed by atoms with Gasteiger partial charge in [-0.05, 0) is 61.6 Å². The minimum Gasteiger partial charge on any atom is -0.352 e. The second-order valence-corrected chi connectivity index (χ2v) is 9.57. The second kappa shape index (κ2) is 8.78. The van der Waals surface area contributed by atoms with E-state index in [0.717, 1.165) is 46.7 Å². The van der Waals surface area contributed by atoms with Crippen molar-refractivity contribution < 1.29 is 4.79 Å². The summed E-state index contributed by atoms with van der Waals surface area (Å²) in [5.41, 5.74) is 7.79. The Morgan fingerprint density at radius 1 is 0.917 bits per heavy atom. The first-order valence-electron chi connectivity index (χ1n) is 12.4. The number of amides is 1. The van der Waals surface area contributed by atoms with E-state index in [2.05, 4.69) is 32.3 Å². The van der Waals surface area contributed by atoms with Crippen LogP contribution in [-0.2, 0) is 12.8 Å². The van der Waals surface area contributed by atoms with Gasteiger partial charge in [0.1, 0.15) is 11.5 Å². The predicted octanol–water partition coefficient (Wildman–Crippen LogP) is 3.30. The Morgan fingerprint density at radius 2 is 1.72 bits per heavy atom. The fraction of sp³-hybridized carbons (Fsp3) is 0.286. The number of rotatable bonds is 3. The SMILES string of the molecule is Cc1ccc(-n2nc(N3CCN(C(=O)c4[nH]nc5c4CCc4ccccc4-5)CC3)ccc2=O)cc1C. The highest BCUT2D eigenvalue weighted by molar-refractivity contribution is 5.96. The molecular weight excluding hydrogens is 452 g/mol. The number of aryl methyl sites for hydroxylation is 3. The molecule has 8 nitrogen and oxygen atoms in total. The number of carbonyl (C=O) groups is 1. The molecule has 0 atom stereocenters. The van der Waals surface area contributed by atoms with E-state index in [-0.39, 0.29) is 11.5 Å². The molecule has 4 aromatic rings. The summed E-state index contributed by atoms with van der Waals surface area (Å²) in [4.78, 5) is 29.9. The molecule has 3 heterocycles. The van der Waals surface area contributed by atoms with Crippen LogP contribution in [0.2, 0.25) is 0 Å². The van der Waals surface area contributed by atoms with Gasteiger partial charge in [0.05, 0.1) is 11.4 Å². The molecule has 1 aliphatic carbocycles. The fourth-order valence-corrected chi connectivity index (χ4v) is 5.15. The largest absolute Gasteiger partial charge is 0.352 e. The number of nitrogens with one attached hydrogen (secondary N) is 1. The van der Waals surface area contributed by atoms with Crippen LogP contribution in [0, 0.1) is 13.8 Å². The second-order valence-electron chi connectivity index (χ2n) is 9.57. The van der Waals surface area contributed by atoms with E-state index >= 15 is 0 Å². The van der Waals surface area contributed by atoms with Crippen molar-refractivity contribution in [1.82, 2.24) is 24.9 Å². The number of H-pyrrole nitrogens is 1. The third-order valence-electron chi connectivity index (χ3n) is 7.41. The van der Waals surface area contributed by atoms with E-state index in [1.807, 2.05) is 49.1 Å². The maximum Gasteiger partial charge on any atom is 0.272 e. The number of carbonyl (C=O) groups excluding carboxylic acids is 1. The van der Waals surface area contributed by atoms with Gasteiger partial charge in [0, 0.05) is 43.4 Å². The Bertz CT molecular complexity index is 1530. The molecule has 2 aromatic heterocycles. The normalized spacial score (nSPS) is 14.9. The number of hydrogen-bond donors (Lipinski definition) is 1. The minimum atomic E-state index is -0.165. The summed E-state index contributed by atoms with van der Waals surface area (Å²) >= 11 is 0. The Hall–Kier alpha value is -4.20. The standard InChI is InChI=1S/C28H28N6O2/c1-18-7-9-21(17-19(18)2)34-25(35)12-11-24(31-34)32-13-15-33(16-14-32)28(36)27-23-10-8-20-5-3-4-6-22(20)26(23)29-30-27/h3-7,9,11-12,17H,8,10,13-16H2,1-2H3,(H,29,30). The van der Waals surface area contributed by atoms with E-state index in [0.29, 0.717) is 31.9 Å². The van der Waals surface area contributed by atoms with Crippen molar-refractivity contribution in [2.24, 2.45) is 0 Å². The maximum absolute atomic E-state index is 13.4. The van der Waals surface area contributed by atoms with Gasteiger partial charge < -0.3 is 9.80 Å². The lowest BCUT2D eigenvalue weighted by atomic mass is 9.89. The number of piperazine rings is 1. The average Bonchev–Trinajstić information content (AvgIpc) is 3.35. The molecule has 1 N–H and O–H groups in total. The van der Waals surface area contributed by atoms with E-state index in [9.17, 15) is 9.59 Å². The lowest BCUT2D eigenvalue weighted by molar-refractivity contribution is 0.0739. The lowest BCUT2D eigenvalue weighted by Crippen LogP contribution is -2.49. The summed E-state index contributed by atoms with van der Waals surface area (Å²) < 4.78 is 1.45. The van der Waals surface area contributed by atoms with Crippen LogP contribution >= 0.6 is 0 Å². The molecule has 0 saturated carbocycles. The van der Waals surface area contributed by atoms with Crippen LogP contribution in [0.15, 0.2) is 59.4 Å². The summed E-state index contributed by atoms with van der Waals surface area (Å²) in [7, 11) is 0. The molecule has 1 amide bonds. The summed E-state index contributed by atoms with van der Waals surface area (Å²) in [6, 6.07) is 17.5. The molecular formula is C28H28N6O2. The van der Waals surface area contributed by atoms with Crippen molar-refractivity contribution in [3.8, 4) is 16.9 Å². The highest BCUT2D eigenvalue weighted by Crippen LogP contribution is 2.33. The van der Waals surface area contributed by atoms with Crippen LogP contribution in [0.5, 0.6) is 0 Å². The first-order chi connectivity index (χ1) is 17.5. The molecule has 36 heavy (non-hydrogen) atoms. The molecule has 1 fully saturated rings. The first-order valence-corrected chi connectivity index (χ1v) is 12.4. The van der Waals surface area contributed by atoms with Crippen molar-refractivity contribution in [3.63, 3.8) is 0 Å². The molecule has 1 saturated heterocycles. The zero-order chi connectivity index (χ0) is 24.8. The van der Waals surface area contributed by atoms with Crippen LogP contribution in [0.3, 0.4) is 0 Å². The highest BCUT2D eigenvalue weighted by Gasteiger charge is 2.29. The van der Waals surface area contributed by atoms with Gasteiger partial charge in [0.15, 0.2) is 0 Å². The number of aromatic nitrogens is 4. The molecule has 2 aromatic carbocycles. The highest BCUT2D eigenvalue weighted by atomic mass is 16.2. The number of nitrogens with zero attached hydrogens (tertiary/aromatic N) is 5. The van der Waals surface area contributed by atoms with Crippen molar-refractivity contribution in [2.75, 3.05) is 31.1 Å². The summed E-state index contributed by atoms with van der Waals surface area (Å²) in [6.07, 6.45) is 1.73. The average molecular weight is 481 g/mol. The maximum atomic E-state index is 13.4. The Kier molecular flexibility index (Phi) is 5.44. The monoisotopic (exact) mass is 480 g/mol. The van der Waals surface area contributed by atoms with Crippen LogP contribution < -0.4 is 10.5 Å². The van der Waals surface area contributed by atoms with Gasteiger partial charge in [-0.3, -0.25) is 14.7 Å². The zero-order valence-electron chi connectivity index (χ0n) is 20.5. The van der Waals surface area contributed by atoms with Crippen molar-refractivity contribution in [3.05, 3.63) is 92.9 Å². The van der Waals surface area contributed by atoms with E-state index in [1.165, 1.54) is 15.8 Å². The Morgan fingerprint density at radius 3 is 2.53 bits per heavy atom. The van der Waals surface area contributed by atoms with Gasteiger partial charge >= 0.3 is 0 Å². The Balaban J connectivity index is 1.19. The molecule has 0 bridgehead atoms. The molecule has 2 aliphatic rings. The lowest BCUT2D eigenvalue weighted by Gasteiger charge is -2.35. The molecule has 0 unspecified atom stereocenters. The number of aromatic amines is 1. The third-order valence-corrected chi connectivity index (χ3v) is 7.41. The van der Waals surface area contributed by atoms with Gasteiger partial charge in [-0.15, -0.1) is 5.10 Å². The Labute approximate surface area is 209 Å². The number of fused-ring (bicyclic) bond motifs is 3. The van der Waals surface area contributed by atoms with Crippen LogP contribution in [0.25, 0.3) is 16.9 Å². The number of hydrogen-bond acceptors (Lipinski definition) is 5. The van der Waals surface area contributed by atoms with Crippen molar-refractivity contribution in [1.29, 1.82) is 0 Å². The van der Waals surface area contributed by atoms with E-state index in [1.54, 1.807) is 12.1 Å². The number of benzene rings is 2. The topological polar surface area (TPSA) is 87.1 Å². The summed E-state index contributed by atoms with van der Waals surface area (Å²) in [5, 5.41) is 12.2. The van der Waals surface area contributed by atoms with Gasteiger partial charge in [-0.2, -0.15) is 9.78 Å². The van der Waals surface area contributed by atoms with Crippen LogP contribution in [0.1, 0.15) is 32.7 Å². The quantitative estimate of drug-likeness (QED) is 0.486. The number of anilines is 1. The van der Waals surface area contributed by atoms with Gasteiger partial charge in [-0.1, -0.05) is 30.3 Å². The molecule has 8 heteroatoms. The van der Waals surface area contributed by atoms with Gasteiger partial charge in [-0.25, -0.2) is 0 Å². The zero-order valence-corrected chi connectivity index (χ0v) is 20.5. The van der Waals surface area contributed by atoms with E-state index in [4.69, 9.17) is 0 Å². The summed E-state index contributed by atoms with van der Waals surface area (Å²) in [5.74, 6) is 0.728. The van der Waals surface area contributed by atoms with Crippen LogP contribution in [0.4, 0.5) is 5.82 Å². The van der Waals surface area contributed by atoms with Crippen molar-refractivity contribution >= 4 is 11.7 Å². The predicted molar refractivity (Wildman–Crippen MR) is 139 cm³/mol. The first kappa shape index (κ1) is 22.3. The smallest absolute Gasteiger partial charge is 0.272 e. The molecule has 0 spiro atoms. The fourth-order valence-electron chi connectivity index (χ4n) is 5.15. The third kappa shape index (κ3) is 3.79. The molecule has 182 valence electrons. The van der Waals surface area contributed by atoms with Gasteiger partial charge in [0.25, 0.3) is 11.5 Å². The summed E-state index contributed by atoms with van der Waals surface area (Å²) in [6.45, 7) is 6.51. The van der Waals surface area contributed by atoms with Gasteiger partial charge in [0.2, 0.25) is 0 Å². The minimum absolute atomic E-state index is 0.00385. The van der Waals surface area contributed by atoms with Crippen LogP contribution in [-0.4, -0.2) is 57.0 Å². The molecule has 0 radical (unpaired) electrons. The molecule has 1 aliphatic heterocycles. The van der Waals surface area contributed by atoms with Crippen molar-refractivity contribution in [2.45, 2.75) is 26.7 Å². The molecule has 6 rings (SSSR count).